The lowest BCUT2D eigenvalue weighted by molar-refractivity contribution is 0.0377. The molecule has 1 aliphatic rings. The zero-order chi connectivity index (χ0) is 17.7. The van der Waals surface area contributed by atoms with E-state index in [-0.39, 0.29) is 24.0 Å². The summed E-state index contributed by atoms with van der Waals surface area (Å²) in [5.41, 5.74) is 1.26. The van der Waals surface area contributed by atoms with E-state index >= 15 is 0 Å². The van der Waals surface area contributed by atoms with Gasteiger partial charge in [-0.3, -0.25) is 9.89 Å². The highest BCUT2D eigenvalue weighted by atomic mass is 127. The highest BCUT2D eigenvalue weighted by Crippen LogP contribution is 2.12. The van der Waals surface area contributed by atoms with Gasteiger partial charge in [-0.05, 0) is 37.5 Å². The van der Waals surface area contributed by atoms with E-state index in [0.29, 0.717) is 0 Å². The number of guanidine groups is 1. The molecule has 1 aliphatic heterocycles. The van der Waals surface area contributed by atoms with E-state index in [1.165, 1.54) is 5.56 Å². The molecule has 1 aromatic carbocycles. The monoisotopic (exact) mass is 476 g/mol. The van der Waals surface area contributed by atoms with Gasteiger partial charge in [-0.2, -0.15) is 0 Å². The van der Waals surface area contributed by atoms with Gasteiger partial charge in [-0.1, -0.05) is 12.1 Å². The molecule has 1 heterocycles. The van der Waals surface area contributed by atoms with Gasteiger partial charge in [0.25, 0.3) is 0 Å². The van der Waals surface area contributed by atoms with Gasteiger partial charge >= 0.3 is 0 Å². The minimum absolute atomic E-state index is 0. The Hall–Kier alpha value is -1.06. The van der Waals surface area contributed by atoms with Crippen LogP contribution in [0.5, 0.6) is 5.75 Å². The number of halogens is 1. The number of nitrogens with zero attached hydrogens (tertiary/aromatic N) is 2. The van der Waals surface area contributed by atoms with E-state index in [9.17, 15) is 0 Å². The maximum absolute atomic E-state index is 5.37. The number of aliphatic imine (C=N–C) groups is 1. The maximum Gasteiger partial charge on any atom is 0.191 e. The summed E-state index contributed by atoms with van der Waals surface area (Å²) in [7, 11) is 1.70. The van der Waals surface area contributed by atoms with Crippen LogP contribution in [-0.4, -0.2) is 70.5 Å². The van der Waals surface area contributed by atoms with Gasteiger partial charge in [-0.15, -0.1) is 24.0 Å². The molecule has 0 atom stereocenters. The normalized spacial score (nSPS) is 15.2. The molecule has 1 fully saturated rings. The number of benzene rings is 1. The van der Waals surface area contributed by atoms with Crippen molar-refractivity contribution >= 4 is 29.9 Å². The first-order valence-corrected chi connectivity index (χ1v) is 9.27. The Labute approximate surface area is 174 Å². The second-order valence-corrected chi connectivity index (χ2v) is 6.10. The minimum atomic E-state index is 0. The first-order chi connectivity index (χ1) is 12.3. The molecule has 26 heavy (non-hydrogen) atoms. The molecule has 2 rings (SSSR count). The van der Waals surface area contributed by atoms with Crippen LogP contribution >= 0.6 is 24.0 Å². The molecule has 0 aromatic heterocycles. The topological polar surface area (TPSA) is 58.1 Å². The highest BCUT2D eigenvalue weighted by molar-refractivity contribution is 14.0. The maximum atomic E-state index is 5.37. The van der Waals surface area contributed by atoms with Crippen LogP contribution in [-0.2, 0) is 11.2 Å². The van der Waals surface area contributed by atoms with Crippen LogP contribution in [0.3, 0.4) is 0 Å². The molecule has 0 aliphatic carbocycles. The summed E-state index contributed by atoms with van der Waals surface area (Å²) in [6.07, 6.45) is 2.02. The lowest BCUT2D eigenvalue weighted by atomic mass is 10.1. The van der Waals surface area contributed by atoms with Gasteiger partial charge in [0.15, 0.2) is 5.96 Å². The predicted molar refractivity (Wildman–Crippen MR) is 118 cm³/mol. The average Bonchev–Trinajstić information content (AvgIpc) is 2.66. The second kappa shape index (κ2) is 14.1. The molecule has 0 amide bonds. The van der Waals surface area contributed by atoms with E-state index in [0.717, 1.165) is 77.0 Å². The van der Waals surface area contributed by atoms with Gasteiger partial charge in [0.05, 0.1) is 20.3 Å². The predicted octanol–water partition coefficient (Wildman–Crippen LogP) is 2.13. The summed E-state index contributed by atoms with van der Waals surface area (Å²) < 4.78 is 10.6. The zero-order valence-electron chi connectivity index (χ0n) is 16.0. The highest BCUT2D eigenvalue weighted by Gasteiger charge is 2.09. The van der Waals surface area contributed by atoms with E-state index in [2.05, 4.69) is 39.6 Å². The Bertz CT molecular complexity index is 522. The van der Waals surface area contributed by atoms with Crippen LogP contribution in [0.2, 0.25) is 0 Å². The number of nitrogens with one attached hydrogen (secondary N) is 2. The molecule has 0 saturated carbocycles. The molecule has 2 N–H and O–H groups in total. The molecule has 1 aromatic rings. The van der Waals surface area contributed by atoms with Crippen LogP contribution in [0, 0.1) is 0 Å². The smallest absolute Gasteiger partial charge is 0.191 e. The van der Waals surface area contributed by atoms with Crippen molar-refractivity contribution in [2.75, 3.05) is 59.6 Å². The minimum Gasteiger partial charge on any atom is -0.497 e. The number of hydrogen-bond acceptors (Lipinski definition) is 4. The molecule has 148 valence electrons. The molecule has 0 unspecified atom stereocenters. The standard InChI is InChI=1S/C19H32N4O2.HI/c1-3-20-19(21-9-5-11-23-12-14-25-15-13-23)22-10-8-17-6-4-7-18(16-17)24-2;/h4,6-7,16H,3,5,8-15H2,1-2H3,(H2,20,21,22);1H. The summed E-state index contributed by atoms with van der Waals surface area (Å²) in [4.78, 5) is 7.12. The lowest BCUT2D eigenvalue weighted by Crippen LogP contribution is -2.39. The molecule has 0 spiro atoms. The lowest BCUT2D eigenvalue weighted by Gasteiger charge is -2.26. The van der Waals surface area contributed by atoms with Crippen LogP contribution in [0.25, 0.3) is 0 Å². The van der Waals surface area contributed by atoms with E-state index in [4.69, 9.17) is 9.47 Å². The molecular weight excluding hydrogens is 443 g/mol. The molecule has 0 radical (unpaired) electrons. The zero-order valence-corrected chi connectivity index (χ0v) is 18.3. The Kier molecular flexibility index (Phi) is 12.4. The SMILES string of the molecule is CCNC(=NCCCN1CCOCC1)NCCc1cccc(OC)c1.I. The van der Waals surface area contributed by atoms with Gasteiger partial charge in [-0.25, -0.2) is 0 Å². The van der Waals surface area contributed by atoms with Gasteiger partial charge in [0.1, 0.15) is 5.75 Å². The fraction of sp³-hybridized carbons (Fsp3) is 0.632. The third-order valence-corrected chi connectivity index (χ3v) is 4.19. The number of methoxy groups -OCH3 is 1. The van der Waals surface area contributed by atoms with Crippen molar-refractivity contribution in [3.05, 3.63) is 29.8 Å². The Balaban J connectivity index is 0.00000338. The van der Waals surface area contributed by atoms with E-state index in [1.54, 1.807) is 7.11 Å². The summed E-state index contributed by atoms with van der Waals surface area (Å²) in [5.74, 6) is 1.80. The largest absolute Gasteiger partial charge is 0.497 e. The van der Waals surface area contributed by atoms with Crippen LogP contribution in [0.1, 0.15) is 18.9 Å². The van der Waals surface area contributed by atoms with Crippen molar-refractivity contribution in [1.29, 1.82) is 0 Å². The van der Waals surface area contributed by atoms with Crippen LogP contribution in [0.4, 0.5) is 0 Å². The second-order valence-electron chi connectivity index (χ2n) is 6.10. The Morgan fingerprint density at radius 1 is 1.27 bits per heavy atom. The van der Waals surface area contributed by atoms with Crippen LogP contribution < -0.4 is 15.4 Å². The number of hydrogen-bond donors (Lipinski definition) is 2. The first kappa shape index (κ1) is 23.0. The van der Waals surface area contributed by atoms with Crippen molar-refractivity contribution < 1.29 is 9.47 Å². The van der Waals surface area contributed by atoms with Crippen molar-refractivity contribution in [3.63, 3.8) is 0 Å². The third kappa shape index (κ3) is 9.05. The summed E-state index contributed by atoms with van der Waals surface area (Å²) in [5, 5.41) is 6.72. The fourth-order valence-corrected chi connectivity index (χ4v) is 2.80. The summed E-state index contributed by atoms with van der Waals surface area (Å²) >= 11 is 0. The average molecular weight is 476 g/mol. The van der Waals surface area contributed by atoms with Gasteiger partial charge in [0.2, 0.25) is 0 Å². The van der Waals surface area contributed by atoms with Gasteiger partial charge in [0, 0.05) is 39.3 Å². The third-order valence-electron chi connectivity index (χ3n) is 4.19. The van der Waals surface area contributed by atoms with Crippen molar-refractivity contribution in [2.24, 2.45) is 4.99 Å². The Morgan fingerprint density at radius 3 is 2.81 bits per heavy atom. The molecule has 6 nitrogen and oxygen atoms in total. The van der Waals surface area contributed by atoms with Crippen molar-refractivity contribution in [1.82, 2.24) is 15.5 Å². The molecule has 0 bridgehead atoms. The number of morpholine rings is 1. The van der Waals surface area contributed by atoms with Crippen LogP contribution in [0.15, 0.2) is 29.3 Å². The number of ether oxygens (including phenoxy) is 2. The molecule has 1 saturated heterocycles. The molecule has 7 heteroatoms. The summed E-state index contributed by atoms with van der Waals surface area (Å²) in [6.45, 7) is 9.55. The van der Waals surface area contributed by atoms with Gasteiger partial charge < -0.3 is 20.1 Å². The Morgan fingerprint density at radius 2 is 2.08 bits per heavy atom. The summed E-state index contributed by atoms with van der Waals surface area (Å²) in [6, 6.07) is 8.20. The fourth-order valence-electron chi connectivity index (χ4n) is 2.80. The van der Waals surface area contributed by atoms with E-state index < -0.39 is 0 Å². The van der Waals surface area contributed by atoms with Crippen molar-refractivity contribution in [2.45, 2.75) is 19.8 Å². The quantitative estimate of drug-likeness (QED) is 0.248. The van der Waals surface area contributed by atoms with Crippen molar-refractivity contribution in [3.8, 4) is 5.75 Å². The number of rotatable bonds is 9. The molecular formula is C19H33IN4O2. The first-order valence-electron chi connectivity index (χ1n) is 9.27. The van der Waals surface area contributed by atoms with E-state index in [1.807, 2.05) is 12.1 Å².